The van der Waals surface area contributed by atoms with Crippen LogP contribution < -0.4 is 20.5 Å². The Kier molecular flexibility index (Phi) is 6.90. The molecule has 0 spiro atoms. The SMILES string of the molecule is CC(C)(C)OC(=O)NC(CCn1c(Sc2cc3c(cc2Br)OCCO3)nc2c(N)ncnc21)C1CC1. The monoisotopic (exact) mass is 576 g/mol. The highest BCUT2D eigenvalue weighted by Crippen LogP contribution is 2.43. The zero-order valence-electron chi connectivity index (χ0n) is 20.4. The molecular formula is C24H29BrN6O4S. The molecule has 0 saturated heterocycles. The highest BCUT2D eigenvalue weighted by molar-refractivity contribution is 9.10. The highest BCUT2D eigenvalue weighted by atomic mass is 79.9. The molecule has 192 valence electrons. The third kappa shape index (κ3) is 5.64. The molecule has 3 aromatic rings. The van der Waals surface area contributed by atoms with Crippen LogP contribution in [0.5, 0.6) is 11.5 Å². The molecule has 10 nitrogen and oxygen atoms in total. The number of ether oxygens (including phenoxy) is 3. The van der Waals surface area contributed by atoms with Crippen molar-refractivity contribution in [3.8, 4) is 11.5 Å². The molecule has 1 unspecified atom stereocenters. The molecule has 2 aliphatic rings. The molecule has 1 aliphatic heterocycles. The number of nitrogens with one attached hydrogen (secondary N) is 1. The maximum Gasteiger partial charge on any atom is 0.407 e. The number of nitrogen functional groups attached to an aromatic ring is 1. The fourth-order valence-corrected chi connectivity index (χ4v) is 5.60. The van der Waals surface area contributed by atoms with E-state index in [0.717, 1.165) is 27.4 Å². The Labute approximate surface area is 221 Å². The molecule has 1 saturated carbocycles. The van der Waals surface area contributed by atoms with Gasteiger partial charge in [0.05, 0.1) is 0 Å². The van der Waals surface area contributed by atoms with Crippen LogP contribution in [0.15, 0.2) is 33.0 Å². The van der Waals surface area contributed by atoms with E-state index in [1.54, 1.807) is 0 Å². The van der Waals surface area contributed by atoms with Gasteiger partial charge in [0.15, 0.2) is 33.6 Å². The van der Waals surface area contributed by atoms with E-state index in [4.69, 9.17) is 24.9 Å². The second-order valence-electron chi connectivity index (χ2n) is 9.88. The summed E-state index contributed by atoms with van der Waals surface area (Å²) in [5.74, 6) is 2.17. The fraction of sp³-hybridized carbons (Fsp3) is 0.500. The zero-order chi connectivity index (χ0) is 25.4. The van der Waals surface area contributed by atoms with Gasteiger partial charge < -0.3 is 29.8 Å². The number of anilines is 1. The molecule has 1 aliphatic carbocycles. The van der Waals surface area contributed by atoms with Gasteiger partial charge >= 0.3 is 6.09 Å². The minimum atomic E-state index is -0.548. The topological polar surface area (TPSA) is 126 Å². The Balaban J connectivity index is 1.41. The van der Waals surface area contributed by atoms with Crippen LogP contribution in [-0.2, 0) is 11.3 Å². The molecule has 3 heterocycles. The maximum absolute atomic E-state index is 12.5. The fourth-order valence-electron chi connectivity index (χ4n) is 4.09. The first-order valence-corrected chi connectivity index (χ1v) is 13.5. The first-order valence-electron chi connectivity index (χ1n) is 11.9. The lowest BCUT2D eigenvalue weighted by Gasteiger charge is -2.24. The molecule has 12 heteroatoms. The number of aromatic nitrogens is 4. The number of benzene rings is 1. The predicted octanol–water partition coefficient (Wildman–Crippen LogP) is 4.79. The smallest absolute Gasteiger partial charge is 0.407 e. The predicted molar refractivity (Wildman–Crippen MR) is 139 cm³/mol. The number of hydrogen-bond acceptors (Lipinski definition) is 9. The van der Waals surface area contributed by atoms with E-state index in [9.17, 15) is 4.79 Å². The summed E-state index contributed by atoms with van der Waals surface area (Å²) < 4.78 is 19.9. The maximum atomic E-state index is 12.5. The minimum absolute atomic E-state index is 0.00429. The van der Waals surface area contributed by atoms with E-state index in [0.29, 0.717) is 60.6 Å². The molecule has 1 aromatic carbocycles. The number of rotatable bonds is 7. The van der Waals surface area contributed by atoms with Crippen molar-refractivity contribution in [3.63, 3.8) is 0 Å². The van der Waals surface area contributed by atoms with Crippen molar-refractivity contribution in [2.45, 2.75) is 68.3 Å². The van der Waals surface area contributed by atoms with Gasteiger partial charge in [0, 0.05) is 22.0 Å². The Morgan fingerprint density at radius 1 is 1.28 bits per heavy atom. The van der Waals surface area contributed by atoms with Crippen molar-refractivity contribution >= 4 is 50.8 Å². The van der Waals surface area contributed by atoms with E-state index < -0.39 is 11.7 Å². The number of aryl methyl sites for hydroxylation is 1. The van der Waals surface area contributed by atoms with Gasteiger partial charge in [-0.3, -0.25) is 0 Å². The average molecular weight is 578 g/mol. The zero-order valence-corrected chi connectivity index (χ0v) is 22.8. The summed E-state index contributed by atoms with van der Waals surface area (Å²) in [5, 5.41) is 3.80. The number of alkyl carbamates (subject to hydrolysis) is 1. The van der Waals surface area contributed by atoms with Crippen molar-refractivity contribution in [1.82, 2.24) is 24.8 Å². The van der Waals surface area contributed by atoms with E-state index in [1.807, 2.05) is 37.5 Å². The molecule has 3 N–H and O–H groups in total. The van der Waals surface area contributed by atoms with E-state index >= 15 is 0 Å². The van der Waals surface area contributed by atoms with Gasteiger partial charge in [0.1, 0.15) is 25.1 Å². The number of hydrogen-bond donors (Lipinski definition) is 2. The molecule has 1 fully saturated rings. The van der Waals surface area contributed by atoms with Crippen molar-refractivity contribution in [3.05, 3.63) is 22.9 Å². The van der Waals surface area contributed by atoms with E-state index in [1.165, 1.54) is 18.1 Å². The second kappa shape index (κ2) is 9.97. The molecule has 0 radical (unpaired) electrons. The van der Waals surface area contributed by atoms with Crippen LogP contribution in [-0.4, -0.2) is 50.5 Å². The lowest BCUT2D eigenvalue weighted by molar-refractivity contribution is 0.0493. The lowest BCUT2D eigenvalue weighted by Crippen LogP contribution is -2.40. The van der Waals surface area contributed by atoms with Gasteiger partial charge in [-0.1, -0.05) is 11.8 Å². The van der Waals surface area contributed by atoms with Crippen LogP contribution >= 0.6 is 27.7 Å². The summed E-state index contributed by atoms with van der Waals surface area (Å²) in [7, 11) is 0. The Hall–Kier alpha value is -2.73. The second-order valence-corrected chi connectivity index (χ2v) is 11.7. The van der Waals surface area contributed by atoms with Crippen molar-refractivity contribution in [2.75, 3.05) is 18.9 Å². The van der Waals surface area contributed by atoms with Crippen LogP contribution in [0, 0.1) is 5.92 Å². The molecule has 36 heavy (non-hydrogen) atoms. The number of nitrogens with two attached hydrogens (primary N) is 1. The number of halogens is 1. The van der Waals surface area contributed by atoms with Crippen LogP contribution in [0.1, 0.15) is 40.0 Å². The van der Waals surface area contributed by atoms with Crippen LogP contribution in [0.2, 0.25) is 0 Å². The van der Waals surface area contributed by atoms with E-state index in [2.05, 4.69) is 31.2 Å². The summed E-state index contributed by atoms with van der Waals surface area (Å²) >= 11 is 5.13. The third-order valence-corrected chi connectivity index (χ3v) is 7.85. The summed E-state index contributed by atoms with van der Waals surface area (Å²) in [6, 6.07) is 3.85. The number of carbonyl (C=O) groups is 1. The molecular weight excluding hydrogens is 548 g/mol. The quantitative estimate of drug-likeness (QED) is 0.408. The number of fused-ring (bicyclic) bond motifs is 2. The summed E-state index contributed by atoms with van der Waals surface area (Å²) in [6.07, 6.45) is 3.94. The van der Waals surface area contributed by atoms with Gasteiger partial charge in [0.2, 0.25) is 0 Å². The Bertz CT molecular complexity index is 1290. The van der Waals surface area contributed by atoms with Crippen molar-refractivity contribution in [2.24, 2.45) is 5.92 Å². The van der Waals surface area contributed by atoms with Crippen LogP contribution in [0.4, 0.5) is 10.6 Å². The third-order valence-electron chi connectivity index (χ3n) is 5.88. The molecule has 1 amide bonds. The minimum Gasteiger partial charge on any atom is -0.486 e. The van der Waals surface area contributed by atoms with Crippen LogP contribution in [0.3, 0.4) is 0 Å². The summed E-state index contributed by atoms with van der Waals surface area (Å²) in [5.41, 5.74) is 6.80. The average Bonchev–Trinajstić information content (AvgIpc) is 3.59. The van der Waals surface area contributed by atoms with E-state index in [-0.39, 0.29) is 6.04 Å². The number of nitrogens with zero attached hydrogens (tertiary/aromatic N) is 4. The van der Waals surface area contributed by atoms with Crippen molar-refractivity contribution in [1.29, 1.82) is 0 Å². The van der Waals surface area contributed by atoms with Gasteiger partial charge in [-0.25, -0.2) is 19.7 Å². The number of carbonyl (C=O) groups excluding carboxylic acids is 1. The molecule has 0 bridgehead atoms. The summed E-state index contributed by atoms with van der Waals surface area (Å²) in [4.78, 5) is 26.8. The van der Waals surface area contributed by atoms with Crippen LogP contribution in [0.25, 0.3) is 11.2 Å². The first-order chi connectivity index (χ1) is 17.2. The summed E-state index contributed by atoms with van der Waals surface area (Å²) in [6.45, 7) is 7.21. The van der Waals surface area contributed by atoms with Gasteiger partial charge in [-0.05, 0) is 74.0 Å². The Morgan fingerprint density at radius 2 is 2.00 bits per heavy atom. The standard InChI is InChI=1S/C24H29BrN6O4S/c1-24(2,3)35-23(32)29-15(13-4-5-13)6-7-31-21-19(20(26)27-12-28-21)30-22(31)36-18-11-17-16(10-14(18)25)33-8-9-34-17/h10-13,15H,4-9H2,1-3H3,(H,29,32)(H2,26,27,28). The molecule has 5 rings (SSSR count). The molecule has 1 atom stereocenters. The van der Waals surface area contributed by atoms with Crippen molar-refractivity contribution < 1.29 is 19.0 Å². The lowest BCUT2D eigenvalue weighted by atomic mass is 10.1. The Morgan fingerprint density at radius 3 is 2.69 bits per heavy atom. The number of imidazole rings is 1. The molecule has 2 aromatic heterocycles. The normalized spacial score (nSPS) is 16.1. The van der Waals surface area contributed by atoms with Gasteiger partial charge in [-0.15, -0.1) is 0 Å². The number of amides is 1. The largest absolute Gasteiger partial charge is 0.486 e. The highest BCUT2D eigenvalue weighted by Gasteiger charge is 2.33. The van der Waals surface area contributed by atoms with Gasteiger partial charge in [-0.2, -0.15) is 0 Å². The first kappa shape index (κ1) is 24.9. The van der Waals surface area contributed by atoms with Gasteiger partial charge in [0.25, 0.3) is 0 Å².